The molecule has 6 nitrogen and oxygen atoms in total. The fourth-order valence-electron chi connectivity index (χ4n) is 3.25. The van der Waals surface area contributed by atoms with Crippen molar-refractivity contribution in [2.45, 2.75) is 25.7 Å². The quantitative estimate of drug-likeness (QED) is 0.661. The minimum absolute atomic E-state index is 0. The Bertz CT molecular complexity index is 642. The highest BCUT2D eigenvalue weighted by molar-refractivity contribution is 5.89. The molecule has 0 aromatic heterocycles. The molecular formula is C19H28ClFN4O2. The summed E-state index contributed by atoms with van der Waals surface area (Å²) < 4.78 is 13.1. The van der Waals surface area contributed by atoms with Crippen LogP contribution in [0.4, 0.5) is 14.9 Å². The number of anilines is 1. The summed E-state index contributed by atoms with van der Waals surface area (Å²) in [6.07, 6.45) is 4.48. The van der Waals surface area contributed by atoms with E-state index in [0.29, 0.717) is 25.3 Å². The predicted octanol–water partition coefficient (Wildman–Crippen LogP) is 2.61. The molecule has 8 heteroatoms. The van der Waals surface area contributed by atoms with Crippen LogP contribution in [-0.2, 0) is 4.79 Å². The molecular weight excluding hydrogens is 371 g/mol. The average Bonchev–Trinajstić information content (AvgIpc) is 3.44. The zero-order valence-corrected chi connectivity index (χ0v) is 16.2. The fourth-order valence-corrected chi connectivity index (χ4v) is 3.25. The first kappa shape index (κ1) is 21.4. The van der Waals surface area contributed by atoms with Gasteiger partial charge in [-0.05, 0) is 62.3 Å². The fraction of sp³-hybridized carbons (Fsp3) is 0.579. The molecule has 0 spiro atoms. The lowest BCUT2D eigenvalue weighted by atomic mass is 9.98. The van der Waals surface area contributed by atoms with E-state index in [0.717, 1.165) is 31.8 Å². The van der Waals surface area contributed by atoms with Gasteiger partial charge in [0.1, 0.15) is 5.82 Å². The second-order valence-corrected chi connectivity index (χ2v) is 7.27. The molecule has 1 saturated carbocycles. The molecule has 1 heterocycles. The number of rotatable bonds is 7. The van der Waals surface area contributed by atoms with Crippen LogP contribution in [0.25, 0.3) is 0 Å². The number of nitrogens with zero attached hydrogens (tertiary/aromatic N) is 1. The number of piperidine rings is 1. The maximum absolute atomic E-state index is 13.1. The third kappa shape index (κ3) is 7.34. The lowest BCUT2D eigenvalue weighted by molar-refractivity contribution is -0.132. The highest BCUT2D eigenvalue weighted by Crippen LogP contribution is 2.27. The second kappa shape index (κ2) is 10.5. The Balaban J connectivity index is 0.00000261. The van der Waals surface area contributed by atoms with Crippen LogP contribution >= 0.6 is 12.4 Å². The second-order valence-electron chi connectivity index (χ2n) is 7.27. The van der Waals surface area contributed by atoms with E-state index < -0.39 is 0 Å². The van der Waals surface area contributed by atoms with E-state index in [1.807, 2.05) is 4.90 Å². The zero-order valence-electron chi connectivity index (χ0n) is 15.4. The number of nitrogens with one attached hydrogen (secondary N) is 3. The number of hydrogen-bond donors (Lipinski definition) is 3. The summed E-state index contributed by atoms with van der Waals surface area (Å²) in [5.41, 5.74) is 0.421. The number of carbonyl (C=O) groups excluding carboxylic acids is 2. The highest BCUT2D eigenvalue weighted by atomic mass is 35.5. The van der Waals surface area contributed by atoms with Crippen molar-refractivity contribution < 1.29 is 14.0 Å². The standard InChI is InChI=1S/C19H27FN4O2.ClH/c20-16-4-1-5-17(9-16)23-19(26)22-11-15-3-2-8-24(13-15)18(25)12-21-10-14-6-7-14;/h1,4-5,9,14-15,21H,2-3,6-8,10-13H2,(H2,22,23,26);1H. The van der Waals surface area contributed by atoms with Gasteiger partial charge in [0.2, 0.25) is 5.91 Å². The van der Waals surface area contributed by atoms with E-state index >= 15 is 0 Å². The van der Waals surface area contributed by atoms with Gasteiger partial charge in [0.25, 0.3) is 0 Å². The Kier molecular flexibility index (Phi) is 8.31. The molecule has 3 amide bonds. The van der Waals surface area contributed by atoms with E-state index in [1.165, 1.54) is 25.0 Å². The van der Waals surface area contributed by atoms with Gasteiger partial charge < -0.3 is 20.9 Å². The first-order valence-corrected chi connectivity index (χ1v) is 9.39. The number of halogens is 2. The largest absolute Gasteiger partial charge is 0.341 e. The maximum Gasteiger partial charge on any atom is 0.319 e. The molecule has 2 aliphatic rings. The molecule has 1 aromatic rings. The number of likely N-dealkylation sites (tertiary alicyclic amines) is 1. The number of benzene rings is 1. The Hall–Kier alpha value is -1.86. The van der Waals surface area contributed by atoms with E-state index in [9.17, 15) is 14.0 Å². The molecule has 1 aliphatic heterocycles. The molecule has 3 rings (SSSR count). The molecule has 2 fully saturated rings. The Labute approximate surface area is 165 Å². The number of hydrogen-bond acceptors (Lipinski definition) is 3. The number of amides is 3. The molecule has 150 valence electrons. The SMILES string of the molecule is Cl.O=C(NCC1CCCN(C(=O)CNCC2CC2)C1)Nc1cccc(F)c1. The zero-order chi connectivity index (χ0) is 18.4. The lowest BCUT2D eigenvalue weighted by Gasteiger charge is -2.33. The average molecular weight is 399 g/mol. The monoisotopic (exact) mass is 398 g/mol. The third-order valence-electron chi connectivity index (χ3n) is 4.91. The van der Waals surface area contributed by atoms with Gasteiger partial charge >= 0.3 is 6.03 Å². The topological polar surface area (TPSA) is 73.5 Å². The predicted molar refractivity (Wildman–Crippen MR) is 106 cm³/mol. The van der Waals surface area contributed by atoms with Crippen molar-refractivity contribution in [3.63, 3.8) is 0 Å². The van der Waals surface area contributed by atoms with Crippen LogP contribution in [0.1, 0.15) is 25.7 Å². The Morgan fingerprint density at radius 2 is 1.96 bits per heavy atom. The van der Waals surface area contributed by atoms with Crippen molar-refractivity contribution in [2.75, 3.05) is 38.0 Å². The minimum Gasteiger partial charge on any atom is -0.341 e. The van der Waals surface area contributed by atoms with Gasteiger partial charge in [-0.25, -0.2) is 9.18 Å². The summed E-state index contributed by atoms with van der Waals surface area (Å²) in [7, 11) is 0. The molecule has 3 N–H and O–H groups in total. The first-order valence-electron chi connectivity index (χ1n) is 9.39. The highest BCUT2D eigenvalue weighted by Gasteiger charge is 2.25. The Morgan fingerprint density at radius 1 is 1.15 bits per heavy atom. The molecule has 0 radical (unpaired) electrons. The van der Waals surface area contributed by atoms with Crippen LogP contribution in [-0.4, -0.2) is 49.6 Å². The third-order valence-corrected chi connectivity index (χ3v) is 4.91. The van der Waals surface area contributed by atoms with Crippen molar-refractivity contribution in [1.29, 1.82) is 0 Å². The van der Waals surface area contributed by atoms with Gasteiger partial charge in [0.05, 0.1) is 6.54 Å². The first-order chi connectivity index (χ1) is 12.6. The van der Waals surface area contributed by atoms with Gasteiger partial charge in [0, 0.05) is 25.3 Å². The molecule has 0 bridgehead atoms. The summed E-state index contributed by atoms with van der Waals surface area (Å²) in [6, 6.07) is 5.43. The summed E-state index contributed by atoms with van der Waals surface area (Å²) in [5, 5.41) is 8.68. The molecule has 1 unspecified atom stereocenters. The van der Waals surface area contributed by atoms with Crippen molar-refractivity contribution in [1.82, 2.24) is 15.5 Å². The van der Waals surface area contributed by atoms with Gasteiger partial charge in [-0.2, -0.15) is 0 Å². The molecule has 1 atom stereocenters. The van der Waals surface area contributed by atoms with Crippen molar-refractivity contribution in [3.8, 4) is 0 Å². The number of urea groups is 1. The van der Waals surface area contributed by atoms with E-state index in [2.05, 4.69) is 16.0 Å². The lowest BCUT2D eigenvalue weighted by Crippen LogP contribution is -2.47. The van der Waals surface area contributed by atoms with E-state index in [1.54, 1.807) is 12.1 Å². The van der Waals surface area contributed by atoms with Crippen LogP contribution in [0, 0.1) is 17.7 Å². The van der Waals surface area contributed by atoms with Crippen molar-refractivity contribution in [2.24, 2.45) is 11.8 Å². The minimum atomic E-state index is -0.389. The van der Waals surface area contributed by atoms with Crippen LogP contribution in [0.5, 0.6) is 0 Å². The van der Waals surface area contributed by atoms with E-state index in [4.69, 9.17) is 0 Å². The Morgan fingerprint density at radius 3 is 2.70 bits per heavy atom. The van der Waals surface area contributed by atoms with E-state index in [-0.39, 0.29) is 36.1 Å². The van der Waals surface area contributed by atoms with Crippen LogP contribution in [0.3, 0.4) is 0 Å². The van der Waals surface area contributed by atoms with Crippen LogP contribution in [0.15, 0.2) is 24.3 Å². The summed E-state index contributed by atoms with van der Waals surface area (Å²) in [6.45, 7) is 3.29. The summed E-state index contributed by atoms with van der Waals surface area (Å²) in [4.78, 5) is 26.1. The number of carbonyl (C=O) groups is 2. The molecule has 1 aromatic carbocycles. The maximum atomic E-state index is 13.1. The van der Waals surface area contributed by atoms with Crippen LogP contribution < -0.4 is 16.0 Å². The summed E-state index contributed by atoms with van der Waals surface area (Å²) in [5.74, 6) is 0.756. The van der Waals surface area contributed by atoms with Gasteiger partial charge in [0.15, 0.2) is 0 Å². The van der Waals surface area contributed by atoms with Crippen molar-refractivity contribution >= 4 is 30.0 Å². The summed E-state index contributed by atoms with van der Waals surface area (Å²) >= 11 is 0. The van der Waals surface area contributed by atoms with Gasteiger partial charge in [-0.3, -0.25) is 4.79 Å². The van der Waals surface area contributed by atoms with Gasteiger partial charge in [-0.15, -0.1) is 12.4 Å². The normalized spacial score (nSPS) is 19.1. The van der Waals surface area contributed by atoms with Crippen LogP contribution in [0.2, 0.25) is 0 Å². The smallest absolute Gasteiger partial charge is 0.319 e. The molecule has 1 aliphatic carbocycles. The van der Waals surface area contributed by atoms with Gasteiger partial charge in [-0.1, -0.05) is 6.07 Å². The molecule has 1 saturated heterocycles. The molecule has 27 heavy (non-hydrogen) atoms. The van der Waals surface area contributed by atoms with Crippen molar-refractivity contribution in [3.05, 3.63) is 30.1 Å².